The molecule has 2 rings (SSSR count). The summed E-state index contributed by atoms with van der Waals surface area (Å²) in [5.41, 5.74) is 0.665. The van der Waals surface area contributed by atoms with Crippen molar-refractivity contribution in [3.8, 4) is 17.1 Å². The molecule has 1 N–H and O–H groups in total. The number of benzene rings is 1. The number of imidazole rings is 1. The lowest BCUT2D eigenvalue weighted by Gasteiger charge is -2.06. The number of aromatic amines is 1. The van der Waals surface area contributed by atoms with Gasteiger partial charge in [0, 0.05) is 22.4 Å². The molecule has 0 atom stereocenters. The van der Waals surface area contributed by atoms with E-state index in [1.165, 1.54) is 13.2 Å². The van der Waals surface area contributed by atoms with E-state index >= 15 is 0 Å². The molecule has 0 radical (unpaired) electrons. The van der Waals surface area contributed by atoms with Crippen molar-refractivity contribution >= 4 is 15.9 Å². The van der Waals surface area contributed by atoms with Crippen molar-refractivity contribution in [1.29, 1.82) is 0 Å². The van der Waals surface area contributed by atoms with Gasteiger partial charge >= 0.3 is 0 Å². The molecule has 0 saturated heterocycles. The van der Waals surface area contributed by atoms with E-state index in [4.69, 9.17) is 4.74 Å². The summed E-state index contributed by atoms with van der Waals surface area (Å²) >= 11 is 3.34. The van der Waals surface area contributed by atoms with Crippen molar-refractivity contribution < 1.29 is 9.13 Å². The Morgan fingerprint density at radius 1 is 1.47 bits per heavy atom. The fraction of sp³-hybridized carbons (Fsp3) is 0.100. The largest absolute Gasteiger partial charge is 0.494 e. The smallest absolute Gasteiger partial charge is 0.165 e. The zero-order valence-corrected chi connectivity index (χ0v) is 9.51. The predicted octanol–water partition coefficient (Wildman–Crippen LogP) is 2.99. The highest BCUT2D eigenvalue weighted by atomic mass is 79.9. The zero-order valence-electron chi connectivity index (χ0n) is 7.92. The first-order chi connectivity index (χ1) is 7.22. The average molecular weight is 271 g/mol. The number of hydrogen-bond acceptors (Lipinski definition) is 2. The second kappa shape index (κ2) is 4.02. The Labute approximate surface area is 94.4 Å². The van der Waals surface area contributed by atoms with Crippen LogP contribution in [0.1, 0.15) is 0 Å². The van der Waals surface area contributed by atoms with Crippen LogP contribution in [-0.2, 0) is 0 Å². The van der Waals surface area contributed by atoms with Gasteiger partial charge in [-0.3, -0.25) is 0 Å². The minimum absolute atomic E-state index is 0.206. The number of rotatable bonds is 2. The van der Waals surface area contributed by atoms with Gasteiger partial charge in [-0.25, -0.2) is 9.37 Å². The Hall–Kier alpha value is -1.36. The van der Waals surface area contributed by atoms with Gasteiger partial charge in [-0.2, -0.15) is 0 Å². The summed E-state index contributed by atoms with van der Waals surface area (Å²) < 4.78 is 19.0. The summed E-state index contributed by atoms with van der Waals surface area (Å²) in [7, 11) is 1.43. The molecule has 0 amide bonds. The van der Waals surface area contributed by atoms with Crippen molar-refractivity contribution in [1.82, 2.24) is 9.97 Å². The Bertz CT molecular complexity index is 471. The molecule has 0 spiro atoms. The summed E-state index contributed by atoms with van der Waals surface area (Å²) in [6, 6.07) is 2.95. The number of nitrogens with zero attached hydrogens (tertiary/aromatic N) is 1. The molecular formula is C10H8BrFN2O. The number of methoxy groups -OCH3 is 1. The van der Waals surface area contributed by atoms with Gasteiger partial charge < -0.3 is 9.72 Å². The highest BCUT2D eigenvalue weighted by molar-refractivity contribution is 9.10. The normalized spacial score (nSPS) is 10.3. The first-order valence-corrected chi connectivity index (χ1v) is 5.04. The molecule has 1 heterocycles. The lowest BCUT2D eigenvalue weighted by molar-refractivity contribution is 0.386. The second-order valence-electron chi connectivity index (χ2n) is 2.90. The molecule has 1 aromatic carbocycles. The van der Waals surface area contributed by atoms with Crippen molar-refractivity contribution in [3.05, 3.63) is 34.8 Å². The topological polar surface area (TPSA) is 37.9 Å². The Balaban J connectivity index is 2.55. The highest BCUT2D eigenvalue weighted by Gasteiger charge is 2.11. The molecule has 0 saturated carbocycles. The van der Waals surface area contributed by atoms with E-state index in [2.05, 4.69) is 25.9 Å². The van der Waals surface area contributed by atoms with Gasteiger partial charge in [-0.05, 0) is 28.1 Å². The van der Waals surface area contributed by atoms with Gasteiger partial charge in [0.25, 0.3) is 0 Å². The summed E-state index contributed by atoms with van der Waals surface area (Å²) in [6.07, 6.45) is 3.30. The number of ether oxygens (including phenoxy) is 1. The summed E-state index contributed by atoms with van der Waals surface area (Å²) in [5.74, 6) is 0.410. The third kappa shape index (κ3) is 1.87. The molecule has 0 bridgehead atoms. The molecule has 2 aromatic rings. The molecule has 78 valence electrons. The van der Waals surface area contributed by atoms with Crippen molar-refractivity contribution in [2.45, 2.75) is 0 Å². The lowest BCUT2D eigenvalue weighted by Crippen LogP contribution is -1.91. The van der Waals surface area contributed by atoms with Crippen LogP contribution in [0.25, 0.3) is 11.4 Å². The minimum Gasteiger partial charge on any atom is -0.494 e. The van der Waals surface area contributed by atoms with Gasteiger partial charge in [0.2, 0.25) is 0 Å². The Morgan fingerprint density at radius 3 is 2.87 bits per heavy atom. The zero-order chi connectivity index (χ0) is 10.8. The molecule has 0 fully saturated rings. The van der Waals surface area contributed by atoms with E-state index < -0.39 is 5.82 Å². The van der Waals surface area contributed by atoms with E-state index in [1.54, 1.807) is 18.5 Å². The van der Waals surface area contributed by atoms with Gasteiger partial charge in [0.05, 0.1) is 7.11 Å². The Morgan fingerprint density at radius 2 is 2.27 bits per heavy atom. The van der Waals surface area contributed by atoms with E-state index in [-0.39, 0.29) is 5.75 Å². The third-order valence-corrected chi connectivity index (χ3v) is 2.65. The summed E-state index contributed by atoms with van der Waals surface area (Å²) in [4.78, 5) is 6.96. The molecule has 0 aliphatic rings. The number of nitrogens with one attached hydrogen (secondary N) is 1. The molecule has 3 nitrogen and oxygen atoms in total. The second-order valence-corrected chi connectivity index (χ2v) is 3.76. The monoisotopic (exact) mass is 270 g/mol. The maximum absolute atomic E-state index is 13.4. The number of halogens is 2. The minimum atomic E-state index is -0.410. The van der Waals surface area contributed by atoms with E-state index in [0.717, 1.165) is 4.47 Å². The molecular weight excluding hydrogens is 263 g/mol. The van der Waals surface area contributed by atoms with Crippen LogP contribution in [-0.4, -0.2) is 17.1 Å². The SMILES string of the molecule is COc1cc(Br)c(-c2ncc[nH]2)cc1F. The number of aromatic nitrogens is 2. The van der Waals surface area contributed by atoms with Crippen LogP contribution in [0.15, 0.2) is 29.0 Å². The van der Waals surface area contributed by atoms with Gasteiger partial charge in [-0.1, -0.05) is 0 Å². The maximum Gasteiger partial charge on any atom is 0.165 e. The van der Waals surface area contributed by atoms with Gasteiger partial charge in [0.15, 0.2) is 11.6 Å². The van der Waals surface area contributed by atoms with Crippen molar-refractivity contribution in [3.63, 3.8) is 0 Å². The molecule has 1 aromatic heterocycles. The molecule has 0 aliphatic heterocycles. The van der Waals surface area contributed by atoms with E-state index in [0.29, 0.717) is 11.4 Å². The lowest BCUT2D eigenvalue weighted by atomic mass is 10.2. The van der Waals surface area contributed by atoms with Gasteiger partial charge in [-0.15, -0.1) is 0 Å². The standard InChI is InChI=1S/C10H8BrFN2O/c1-15-9-5-7(11)6(4-8(9)12)10-13-2-3-14-10/h2-5H,1H3,(H,13,14). The van der Waals surface area contributed by atoms with Crippen LogP contribution in [0.5, 0.6) is 5.75 Å². The van der Waals surface area contributed by atoms with Crippen LogP contribution < -0.4 is 4.74 Å². The quantitative estimate of drug-likeness (QED) is 0.911. The maximum atomic E-state index is 13.4. The number of hydrogen-bond donors (Lipinski definition) is 1. The van der Waals surface area contributed by atoms with Crippen LogP contribution in [0, 0.1) is 5.82 Å². The molecule has 0 aliphatic carbocycles. The molecule has 5 heteroatoms. The van der Waals surface area contributed by atoms with Crippen LogP contribution in [0.2, 0.25) is 0 Å². The fourth-order valence-electron chi connectivity index (χ4n) is 1.28. The fourth-order valence-corrected chi connectivity index (χ4v) is 1.79. The van der Waals surface area contributed by atoms with E-state index in [1.807, 2.05) is 0 Å². The van der Waals surface area contributed by atoms with Crippen molar-refractivity contribution in [2.24, 2.45) is 0 Å². The third-order valence-electron chi connectivity index (χ3n) is 1.99. The van der Waals surface area contributed by atoms with Crippen LogP contribution >= 0.6 is 15.9 Å². The number of H-pyrrole nitrogens is 1. The summed E-state index contributed by atoms with van der Waals surface area (Å²) in [5, 5.41) is 0. The van der Waals surface area contributed by atoms with Crippen molar-refractivity contribution in [2.75, 3.05) is 7.11 Å². The van der Waals surface area contributed by atoms with E-state index in [9.17, 15) is 4.39 Å². The van der Waals surface area contributed by atoms with Gasteiger partial charge in [0.1, 0.15) is 5.82 Å². The van der Waals surface area contributed by atoms with Crippen LogP contribution in [0.3, 0.4) is 0 Å². The predicted molar refractivity (Wildman–Crippen MR) is 58.2 cm³/mol. The average Bonchev–Trinajstić information content (AvgIpc) is 2.74. The molecule has 0 unspecified atom stereocenters. The first-order valence-electron chi connectivity index (χ1n) is 4.25. The first kappa shape index (κ1) is 10.2. The summed E-state index contributed by atoms with van der Waals surface area (Å²) in [6.45, 7) is 0. The highest BCUT2D eigenvalue weighted by Crippen LogP contribution is 2.31. The van der Waals surface area contributed by atoms with Crippen LogP contribution in [0.4, 0.5) is 4.39 Å². The molecule has 15 heavy (non-hydrogen) atoms. The Kier molecular flexibility index (Phi) is 2.73.